The smallest absolute Gasteiger partial charge is 0.292 e. The maximum Gasteiger partial charge on any atom is 0.348 e. The third kappa shape index (κ3) is 3.29. The SMILES string of the molecule is C=C(C)Cn1c2c(c(-c3ccccc3)nc1=O)CCCC(C)C2. The summed E-state index contributed by atoms with van der Waals surface area (Å²) in [5.41, 5.74) is 5.16. The molecule has 23 heavy (non-hydrogen) atoms. The van der Waals surface area contributed by atoms with Crippen LogP contribution in [0.25, 0.3) is 11.3 Å². The number of fused-ring (bicyclic) bond motifs is 1. The lowest BCUT2D eigenvalue weighted by atomic mass is 9.99. The summed E-state index contributed by atoms with van der Waals surface area (Å²) in [5, 5.41) is 0. The van der Waals surface area contributed by atoms with Crippen LogP contribution in [-0.2, 0) is 19.4 Å². The summed E-state index contributed by atoms with van der Waals surface area (Å²) in [5.74, 6) is 0.595. The van der Waals surface area contributed by atoms with E-state index < -0.39 is 0 Å². The molecule has 0 saturated carbocycles. The fourth-order valence-electron chi connectivity index (χ4n) is 3.46. The molecule has 1 heterocycles. The molecule has 0 N–H and O–H groups in total. The molecule has 1 aliphatic carbocycles. The Morgan fingerprint density at radius 2 is 2.09 bits per heavy atom. The first-order valence-electron chi connectivity index (χ1n) is 8.38. The zero-order valence-electron chi connectivity index (χ0n) is 14.0. The summed E-state index contributed by atoms with van der Waals surface area (Å²) >= 11 is 0. The van der Waals surface area contributed by atoms with E-state index in [1.165, 1.54) is 12.0 Å². The normalized spacial score (nSPS) is 17.4. The van der Waals surface area contributed by atoms with E-state index in [2.05, 4.69) is 18.5 Å². The Morgan fingerprint density at radius 1 is 1.35 bits per heavy atom. The quantitative estimate of drug-likeness (QED) is 0.634. The van der Waals surface area contributed by atoms with Crippen LogP contribution in [0.5, 0.6) is 0 Å². The summed E-state index contributed by atoms with van der Waals surface area (Å²) in [6.07, 6.45) is 4.29. The van der Waals surface area contributed by atoms with Gasteiger partial charge >= 0.3 is 5.69 Å². The number of nitrogens with zero attached hydrogens (tertiary/aromatic N) is 2. The highest BCUT2D eigenvalue weighted by atomic mass is 16.1. The van der Waals surface area contributed by atoms with Crippen LogP contribution in [0, 0.1) is 5.92 Å². The third-order valence-electron chi connectivity index (χ3n) is 4.54. The highest BCUT2D eigenvalue weighted by Crippen LogP contribution is 2.30. The Morgan fingerprint density at radius 3 is 2.78 bits per heavy atom. The molecule has 1 atom stereocenters. The molecule has 3 heteroatoms. The first-order valence-corrected chi connectivity index (χ1v) is 8.38. The van der Waals surface area contributed by atoms with Crippen molar-refractivity contribution in [3.63, 3.8) is 0 Å². The maximum atomic E-state index is 12.7. The Kier molecular flexibility index (Phi) is 4.46. The van der Waals surface area contributed by atoms with E-state index in [4.69, 9.17) is 0 Å². The largest absolute Gasteiger partial charge is 0.348 e. The molecule has 0 aliphatic heterocycles. The third-order valence-corrected chi connectivity index (χ3v) is 4.54. The molecule has 3 nitrogen and oxygen atoms in total. The van der Waals surface area contributed by atoms with Gasteiger partial charge in [0.05, 0.1) is 5.69 Å². The van der Waals surface area contributed by atoms with Gasteiger partial charge in [-0.25, -0.2) is 4.79 Å². The summed E-state index contributed by atoms with van der Waals surface area (Å²) in [7, 11) is 0. The van der Waals surface area contributed by atoms with Crippen molar-refractivity contribution in [2.24, 2.45) is 5.92 Å². The van der Waals surface area contributed by atoms with Crippen LogP contribution in [0.15, 0.2) is 47.3 Å². The number of hydrogen-bond acceptors (Lipinski definition) is 2. The molecule has 3 rings (SSSR count). The molecule has 1 unspecified atom stereocenters. The minimum absolute atomic E-state index is 0.153. The Bertz CT molecular complexity index is 774. The lowest BCUT2D eigenvalue weighted by molar-refractivity contribution is 0.509. The van der Waals surface area contributed by atoms with Crippen molar-refractivity contribution in [3.8, 4) is 11.3 Å². The molecule has 0 spiro atoms. The van der Waals surface area contributed by atoms with Crippen molar-refractivity contribution < 1.29 is 0 Å². The predicted octanol–water partition coefficient (Wildman–Crippen LogP) is 4.00. The van der Waals surface area contributed by atoms with Gasteiger partial charge in [0.15, 0.2) is 0 Å². The average Bonchev–Trinajstić information content (AvgIpc) is 2.72. The van der Waals surface area contributed by atoms with Gasteiger partial charge in [0.25, 0.3) is 0 Å². The van der Waals surface area contributed by atoms with Crippen LogP contribution in [0.3, 0.4) is 0 Å². The lowest BCUT2D eigenvalue weighted by Crippen LogP contribution is -2.29. The molecular weight excluding hydrogens is 284 g/mol. The minimum atomic E-state index is -0.153. The van der Waals surface area contributed by atoms with Crippen molar-refractivity contribution >= 4 is 0 Å². The number of aromatic nitrogens is 2. The highest BCUT2D eigenvalue weighted by molar-refractivity contribution is 5.63. The van der Waals surface area contributed by atoms with Crippen molar-refractivity contribution in [2.75, 3.05) is 0 Å². The Balaban J connectivity index is 2.24. The number of rotatable bonds is 3. The Labute approximate surface area is 137 Å². The second kappa shape index (κ2) is 6.53. The van der Waals surface area contributed by atoms with Gasteiger partial charge in [0.1, 0.15) is 0 Å². The molecule has 1 aromatic heterocycles. The molecule has 2 aromatic rings. The average molecular weight is 308 g/mol. The van der Waals surface area contributed by atoms with Crippen LogP contribution in [0.2, 0.25) is 0 Å². The van der Waals surface area contributed by atoms with Crippen LogP contribution < -0.4 is 5.69 Å². The number of benzene rings is 1. The van der Waals surface area contributed by atoms with Gasteiger partial charge in [0.2, 0.25) is 0 Å². The molecule has 1 aliphatic rings. The van der Waals surface area contributed by atoms with E-state index in [0.29, 0.717) is 12.5 Å². The van der Waals surface area contributed by atoms with E-state index >= 15 is 0 Å². The molecule has 0 radical (unpaired) electrons. The second-order valence-corrected chi connectivity index (χ2v) is 6.78. The first kappa shape index (κ1) is 15.7. The van der Waals surface area contributed by atoms with E-state index in [9.17, 15) is 4.79 Å². The van der Waals surface area contributed by atoms with Gasteiger partial charge in [-0.2, -0.15) is 4.98 Å². The van der Waals surface area contributed by atoms with Crippen molar-refractivity contribution in [3.05, 3.63) is 64.2 Å². The van der Waals surface area contributed by atoms with E-state index in [-0.39, 0.29) is 5.69 Å². The first-order chi connectivity index (χ1) is 11.1. The molecular formula is C20H24N2O. The molecule has 0 amide bonds. The van der Waals surface area contributed by atoms with Gasteiger partial charge in [-0.05, 0) is 37.7 Å². The van der Waals surface area contributed by atoms with Crippen LogP contribution >= 0.6 is 0 Å². The van der Waals surface area contributed by atoms with E-state index in [1.54, 1.807) is 0 Å². The van der Waals surface area contributed by atoms with Gasteiger partial charge < -0.3 is 0 Å². The van der Waals surface area contributed by atoms with Crippen LogP contribution in [0.4, 0.5) is 0 Å². The number of hydrogen-bond donors (Lipinski definition) is 0. The number of allylic oxidation sites excluding steroid dienone is 1. The lowest BCUT2D eigenvalue weighted by Gasteiger charge is -2.19. The molecule has 120 valence electrons. The van der Waals surface area contributed by atoms with Gasteiger partial charge in [0, 0.05) is 17.8 Å². The standard InChI is InChI=1S/C20H24N2O/c1-14(2)13-22-18-12-15(3)8-7-11-17(18)19(21-20(22)23)16-9-5-4-6-10-16/h4-6,9-10,15H,1,7-8,11-13H2,2-3H3. The molecule has 0 bridgehead atoms. The summed E-state index contributed by atoms with van der Waals surface area (Å²) in [6, 6.07) is 10.1. The van der Waals surface area contributed by atoms with E-state index in [0.717, 1.165) is 41.8 Å². The van der Waals surface area contributed by atoms with Crippen LogP contribution in [0.1, 0.15) is 37.9 Å². The zero-order chi connectivity index (χ0) is 16.4. The van der Waals surface area contributed by atoms with Gasteiger partial charge in [-0.3, -0.25) is 4.57 Å². The van der Waals surface area contributed by atoms with Gasteiger partial charge in [-0.15, -0.1) is 0 Å². The van der Waals surface area contributed by atoms with E-state index in [1.807, 2.05) is 41.8 Å². The molecule has 0 saturated heterocycles. The predicted molar refractivity (Wildman–Crippen MR) is 94.6 cm³/mol. The highest BCUT2D eigenvalue weighted by Gasteiger charge is 2.22. The molecule has 0 fully saturated rings. The summed E-state index contributed by atoms with van der Waals surface area (Å²) in [6.45, 7) is 8.77. The fourth-order valence-corrected chi connectivity index (χ4v) is 3.46. The second-order valence-electron chi connectivity index (χ2n) is 6.78. The monoisotopic (exact) mass is 308 g/mol. The zero-order valence-corrected chi connectivity index (χ0v) is 14.0. The fraction of sp³-hybridized carbons (Fsp3) is 0.400. The minimum Gasteiger partial charge on any atom is -0.292 e. The van der Waals surface area contributed by atoms with Crippen molar-refractivity contribution in [1.29, 1.82) is 0 Å². The summed E-state index contributed by atoms with van der Waals surface area (Å²) in [4.78, 5) is 17.1. The van der Waals surface area contributed by atoms with Gasteiger partial charge in [-0.1, -0.05) is 55.8 Å². The maximum absolute atomic E-state index is 12.7. The topological polar surface area (TPSA) is 34.9 Å². The van der Waals surface area contributed by atoms with Crippen molar-refractivity contribution in [1.82, 2.24) is 9.55 Å². The Hall–Kier alpha value is -2.16. The summed E-state index contributed by atoms with van der Waals surface area (Å²) < 4.78 is 1.84. The van der Waals surface area contributed by atoms with Crippen LogP contribution in [-0.4, -0.2) is 9.55 Å². The van der Waals surface area contributed by atoms with Crippen molar-refractivity contribution in [2.45, 2.75) is 46.1 Å². The molecule has 1 aromatic carbocycles.